The van der Waals surface area contributed by atoms with Crippen LogP contribution in [0.2, 0.25) is 0 Å². The summed E-state index contributed by atoms with van der Waals surface area (Å²) in [6.07, 6.45) is -0.757. The number of hydrogen-bond donors (Lipinski definition) is 0. The van der Waals surface area contributed by atoms with E-state index in [0.717, 1.165) is 10.8 Å². The number of carbonyl (C=O) groups excluding carboxylic acids is 1. The lowest BCUT2D eigenvalue weighted by Gasteiger charge is -2.08. The van der Waals surface area contributed by atoms with E-state index in [2.05, 4.69) is 0 Å². The summed E-state index contributed by atoms with van der Waals surface area (Å²) in [4.78, 5) is 11.4. The van der Waals surface area contributed by atoms with E-state index >= 15 is 0 Å². The van der Waals surface area contributed by atoms with Crippen molar-refractivity contribution in [3.8, 4) is 11.8 Å². The third-order valence-electron chi connectivity index (χ3n) is 2.57. The first-order valence-electron chi connectivity index (χ1n) is 5.90. The Hall–Kier alpha value is -2.54. The molecule has 0 spiro atoms. The van der Waals surface area contributed by atoms with Crippen LogP contribution in [0.1, 0.15) is 6.92 Å². The van der Waals surface area contributed by atoms with Gasteiger partial charge in [0.25, 0.3) is 0 Å². The van der Waals surface area contributed by atoms with Crippen LogP contribution in [0.3, 0.4) is 0 Å². The van der Waals surface area contributed by atoms with Crippen molar-refractivity contribution in [2.45, 2.75) is 13.0 Å². The van der Waals surface area contributed by atoms with Crippen molar-refractivity contribution >= 4 is 16.7 Å². The molecule has 1 unspecified atom stereocenters. The Balaban J connectivity index is 1.98. The highest BCUT2D eigenvalue weighted by molar-refractivity contribution is 5.83. The van der Waals surface area contributed by atoms with Gasteiger partial charge in [0, 0.05) is 0 Å². The second kappa shape index (κ2) is 5.87. The summed E-state index contributed by atoms with van der Waals surface area (Å²) >= 11 is 0. The van der Waals surface area contributed by atoms with Gasteiger partial charge in [0.1, 0.15) is 11.8 Å². The van der Waals surface area contributed by atoms with Crippen LogP contribution in [0, 0.1) is 11.3 Å². The van der Waals surface area contributed by atoms with Gasteiger partial charge in [0.05, 0.1) is 0 Å². The van der Waals surface area contributed by atoms with Crippen LogP contribution >= 0.6 is 0 Å². The fraction of sp³-hybridized carbons (Fsp3) is 0.200. The van der Waals surface area contributed by atoms with E-state index in [-0.39, 0.29) is 6.61 Å². The molecule has 0 fully saturated rings. The standard InChI is InChI=1S/C15H13NO3/c1-11(9-16)19-15(17)10-18-14-7-6-12-4-2-3-5-13(12)8-14/h2-8,11H,10H2,1H3. The highest BCUT2D eigenvalue weighted by Gasteiger charge is 2.09. The second-order valence-corrected chi connectivity index (χ2v) is 4.06. The van der Waals surface area contributed by atoms with Crippen LogP contribution in [0.25, 0.3) is 10.8 Å². The molecule has 0 aromatic heterocycles. The van der Waals surface area contributed by atoms with Crippen LogP contribution in [0.4, 0.5) is 0 Å². The summed E-state index contributed by atoms with van der Waals surface area (Å²) in [5, 5.41) is 10.7. The smallest absolute Gasteiger partial charge is 0.345 e. The molecule has 2 aromatic rings. The topological polar surface area (TPSA) is 59.3 Å². The summed E-state index contributed by atoms with van der Waals surface area (Å²) in [6, 6.07) is 15.3. The summed E-state index contributed by atoms with van der Waals surface area (Å²) < 4.78 is 10.1. The van der Waals surface area contributed by atoms with Crippen LogP contribution in [-0.4, -0.2) is 18.7 Å². The average Bonchev–Trinajstić information content (AvgIpc) is 2.44. The van der Waals surface area contributed by atoms with E-state index in [4.69, 9.17) is 14.7 Å². The van der Waals surface area contributed by atoms with Crippen molar-refractivity contribution in [3.05, 3.63) is 42.5 Å². The number of esters is 1. The van der Waals surface area contributed by atoms with Gasteiger partial charge >= 0.3 is 5.97 Å². The summed E-state index contributed by atoms with van der Waals surface area (Å²) in [6.45, 7) is 1.30. The molecule has 96 valence electrons. The minimum Gasteiger partial charge on any atom is -0.482 e. The van der Waals surface area contributed by atoms with Crippen LogP contribution in [-0.2, 0) is 9.53 Å². The van der Waals surface area contributed by atoms with Gasteiger partial charge in [0.2, 0.25) is 0 Å². The fourth-order valence-corrected chi connectivity index (χ4v) is 1.66. The number of rotatable bonds is 4. The van der Waals surface area contributed by atoms with Crippen molar-refractivity contribution in [1.29, 1.82) is 5.26 Å². The van der Waals surface area contributed by atoms with E-state index in [0.29, 0.717) is 5.75 Å². The molecule has 0 aliphatic rings. The average molecular weight is 255 g/mol. The third-order valence-corrected chi connectivity index (χ3v) is 2.57. The maximum Gasteiger partial charge on any atom is 0.345 e. The number of benzene rings is 2. The van der Waals surface area contributed by atoms with Gasteiger partial charge in [-0.05, 0) is 29.8 Å². The van der Waals surface area contributed by atoms with Gasteiger partial charge in [-0.2, -0.15) is 5.26 Å². The maximum absolute atomic E-state index is 11.4. The Morgan fingerprint density at radius 1 is 1.26 bits per heavy atom. The molecule has 0 aliphatic carbocycles. The molecule has 0 saturated heterocycles. The Kier molecular flexibility index (Phi) is 3.99. The number of ether oxygens (including phenoxy) is 2. The minimum absolute atomic E-state index is 0.204. The predicted molar refractivity (Wildman–Crippen MR) is 70.6 cm³/mol. The maximum atomic E-state index is 11.4. The summed E-state index contributed by atoms with van der Waals surface area (Å²) in [7, 11) is 0. The largest absolute Gasteiger partial charge is 0.482 e. The molecule has 19 heavy (non-hydrogen) atoms. The molecular formula is C15H13NO3. The van der Waals surface area contributed by atoms with Crippen molar-refractivity contribution in [2.24, 2.45) is 0 Å². The minimum atomic E-state index is -0.757. The molecule has 4 nitrogen and oxygen atoms in total. The highest BCUT2D eigenvalue weighted by atomic mass is 16.6. The Morgan fingerprint density at radius 2 is 2.00 bits per heavy atom. The lowest BCUT2D eigenvalue weighted by Crippen LogP contribution is -2.19. The van der Waals surface area contributed by atoms with Gasteiger partial charge in [-0.15, -0.1) is 0 Å². The van der Waals surface area contributed by atoms with Crippen LogP contribution in [0.15, 0.2) is 42.5 Å². The van der Waals surface area contributed by atoms with Gasteiger partial charge in [-0.1, -0.05) is 30.3 Å². The number of carbonyl (C=O) groups is 1. The van der Waals surface area contributed by atoms with Crippen LogP contribution < -0.4 is 4.74 Å². The molecule has 0 amide bonds. The normalized spacial score (nSPS) is 11.6. The Morgan fingerprint density at radius 3 is 2.74 bits per heavy atom. The van der Waals surface area contributed by atoms with Gasteiger partial charge in [0.15, 0.2) is 12.7 Å². The molecule has 0 saturated carbocycles. The first-order chi connectivity index (χ1) is 9.19. The molecule has 2 aromatic carbocycles. The fourth-order valence-electron chi connectivity index (χ4n) is 1.66. The monoisotopic (exact) mass is 255 g/mol. The van der Waals surface area contributed by atoms with Gasteiger partial charge in [-0.3, -0.25) is 0 Å². The number of hydrogen-bond acceptors (Lipinski definition) is 4. The predicted octanol–water partition coefficient (Wildman–Crippen LogP) is 2.67. The molecule has 2 rings (SSSR count). The van der Waals surface area contributed by atoms with Crippen molar-refractivity contribution in [3.63, 3.8) is 0 Å². The molecule has 0 N–H and O–H groups in total. The van der Waals surface area contributed by atoms with Crippen molar-refractivity contribution in [2.75, 3.05) is 6.61 Å². The lowest BCUT2D eigenvalue weighted by molar-refractivity contribution is -0.148. The Labute approximate surface area is 111 Å². The molecule has 1 atom stereocenters. The highest BCUT2D eigenvalue weighted by Crippen LogP contribution is 2.20. The SMILES string of the molecule is CC(C#N)OC(=O)COc1ccc2ccccc2c1. The van der Waals surface area contributed by atoms with E-state index in [1.807, 2.05) is 42.5 Å². The zero-order chi connectivity index (χ0) is 13.7. The van der Waals surface area contributed by atoms with E-state index in [9.17, 15) is 4.79 Å². The quantitative estimate of drug-likeness (QED) is 0.788. The molecule has 0 radical (unpaired) electrons. The van der Waals surface area contributed by atoms with E-state index in [1.165, 1.54) is 6.92 Å². The second-order valence-electron chi connectivity index (χ2n) is 4.06. The number of nitrogens with zero attached hydrogens (tertiary/aromatic N) is 1. The van der Waals surface area contributed by atoms with Crippen molar-refractivity contribution < 1.29 is 14.3 Å². The van der Waals surface area contributed by atoms with Gasteiger partial charge < -0.3 is 9.47 Å². The van der Waals surface area contributed by atoms with E-state index in [1.54, 1.807) is 6.07 Å². The molecular weight excluding hydrogens is 242 g/mol. The third kappa shape index (κ3) is 3.46. The first kappa shape index (κ1) is 12.9. The summed E-state index contributed by atoms with van der Waals surface area (Å²) in [5.41, 5.74) is 0. The van der Waals surface area contributed by atoms with Crippen molar-refractivity contribution in [1.82, 2.24) is 0 Å². The molecule has 0 heterocycles. The zero-order valence-corrected chi connectivity index (χ0v) is 10.5. The van der Waals surface area contributed by atoms with Gasteiger partial charge in [-0.25, -0.2) is 4.79 Å². The molecule has 0 aliphatic heterocycles. The Bertz CT molecular complexity index is 631. The summed E-state index contributed by atoms with van der Waals surface area (Å²) in [5.74, 6) is 0.0440. The number of fused-ring (bicyclic) bond motifs is 1. The van der Waals surface area contributed by atoms with E-state index < -0.39 is 12.1 Å². The molecule has 4 heteroatoms. The zero-order valence-electron chi connectivity index (χ0n) is 10.5. The van der Waals surface area contributed by atoms with Crippen LogP contribution in [0.5, 0.6) is 5.75 Å². The first-order valence-corrected chi connectivity index (χ1v) is 5.90. The number of nitriles is 1. The molecule has 0 bridgehead atoms. The lowest BCUT2D eigenvalue weighted by atomic mass is 10.1.